The van der Waals surface area contributed by atoms with Crippen LogP contribution in [-0.4, -0.2) is 69.8 Å². The lowest BCUT2D eigenvalue weighted by Gasteiger charge is -2.36. The van der Waals surface area contributed by atoms with E-state index in [2.05, 4.69) is 0 Å². The van der Waals surface area contributed by atoms with Crippen molar-refractivity contribution in [2.45, 2.75) is 49.8 Å². The van der Waals surface area contributed by atoms with Gasteiger partial charge in [0.1, 0.15) is 18.3 Å². The summed E-state index contributed by atoms with van der Waals surface area (Å²) in [6, 6.07) is 5.04. The Kier molecular flexibility index (Phi) is 6.20. The van der Waals surface area contributed by atoms with Gasteiger partial charge in [-0.1, -0.05) is 6.07 Å². The number of hydrogen-bond acceptors (Lipinski definition) is 7. The van der Waals surface area contributed by atoms with Gasteiger partial charge in [-0.2, -0.15) is 0 Å². The van der Waals surface area contributed by atoms with Gasteiger partial charge in [0.2, 0.25) is 0 Å². The van der Waals surface area contributed by atoms with E-state index in [1.54, 1.807) is 18.2 Å². The molecule has 1 saturated heterocycles. The van der Waals surface area contributed by atoms with E-state index in [0.29, 0.717) is 18.6 Å². The van der Waals surface area contributed by atoms with Crippen LogP contribution in [0.2, 0.25) is 0 Å². The molecule has 0 bridgehead atoms. The van der Waals surface area contributed by atoms with Gasteiger partial charge in [0.05, 0.1) is 25.9 Å². The molecular weight excluding hydrogens is 304 g/mol. The largest absolute Gasteiger partial charge is 0.504 e. The first kappa shape index (κ1) is 18.0. The fraction of sp³-hybridized carbons (Fsp3) is 0.625. The third-order valence-corrected chi connectivity index (χ3v) is 4.12. The molecule has 1 aliphatic rings. The van der Waals surface area contributed by atoms with E-state index in [1.807, 2.05) is 0 Å². The van der Waals surface area contributed by atoms with Crippen molar-refractivity contribution >= 4 is 0 Å². The Labute approximate surface area is 134 Å². The molecule has 0 spiro atoms. The van der Waals surface area contributed by atoms with E-state index in [0.717, 1.165) is 5.56 Å². The molecule has 1 heterocycles. The van der Waals surface area contributed by atoms with Crippen molar-refractivity contribution in [1.82, 2.24) is 0 Å². The summed E-state index contributed by atoms with van der Waals surface area (Å²) in [6.45, 7) is -0.0675. The average Bonchev–Trinajstić information content (AvgIpc) is 2.53. The third kappa shape index (κ3) is 4.55. The van der Waals surface area contributed by atoms with Gasteiger partial charge in [-0.25, -0.2) is 0 Å². The maximum Gasteiger partial charge on any atom is 0.160 e. The van der Waals surface area contributed by atoms with E-state index in [1.165, 1.54) is 7.11 Å². The van der Waals surface area contributed by atoms with Crippen LogP contribution in [0, 0.1) is 0 Å². The van der Waals surface area contributed by atoms with Gasteiger partial charge in [0, 0.05) is 6.42 Å². The smallest absolute Gasteiger partial charge is 0.160 e. The van der Waals surface area contributed by atoms with Crippen molar-refractivity contribution in [1.29, 1.82) is 0 Å². The minimum atomic E-state index is -1.26. The summed E-state index contributed by atoms with van der Waals surface area (Å²) in [5.41, 5.74) is 0.850. The number of ether oxygens (including phenoxy) is 2. The van der Waals surface area contributed by atoms with Gasteiger partial charge in [-0.3, -0.25) is 0 Å². The molecule has 2 rings (SSSR count). The van der Waals surface area contributed by atoms with Gasteiger partial charge in [0.15, 0.2) is 11.5 Å². The normalized spacial score (nSPS) is 29.3. The second-order valence-electron chi connectivity index (χ2n) is 5.85. The zero-order chi connectivity index (χ0) is 17.0. The molecule has 1 fully saturated rings. The van der Waals surface area contributed by atoms with Gasteiger partial charge in [0.25, 0.3) is 0 Å². The Balaban J connectivity index is 1.83. The Morgan fingerprint density at radius 3 is 2.65 bits per heavy atom. The number of phenols is 1. The summed E-state index contributed by atoms with van der Waals surface area (Å²) in [7, 11) is 1.47. The Morgan fingerprint density at radius 2 is 2.00 bits per heavy atom. The highest BCUT2D eigenvalue weighted by atomic mass is 16.5. The van der Waals surface area contributed by atoms with E-state index < -0.39 is 30.5 Å². The highest BCUT2D eigenvalue weighted by molar-refractivity contribution is 5.41. The summed E-state index contributed by atoms with van der Waals surface area (Å²) in [6.07, 6.45) is -3.94. The predicted octanol–water partition coefficient (Wildman–Crippen LogP) is -0.434. The van der Waals surface area contributed by atoms with Crippen LogP contribution in [0.25, 0.3) is 0 Å². The first-order chi connectivity index (χ1) is 10.9. The van der Waals surface area contributed by atoms with Crippen LogP contribution in [0.4, 0.5) is 0 Å². The number of methoxy groups -OCH3 is 1. The second-order valence-corrected chi connectivity index (χ2v) is 5.85. The van der Waals surface area contributed by atoms with Crippen molar-refractivity contribution < 1.29 is 35.0 Å². The number of aliphatic hydroxyl groups is 4. The number of hydrogen-bond donors (Lipinski definition) is 5. The van der Waals surface area contributed by atoms with E-state index in [-0.39, 0.29) is 18.8 Å². The molecule has 0 aromatic heterocycles. The first-order valence-corrected chi connectivity index (χ1v) is 7.62. The van der Waals surface area contributed by atoms with Crippen LogP contribution < -0.4 is 4.74 Å². The topological polar surface area (TPSA) is 120 Å². The molecule has 130 valence electrons. The lowest BCUT2D eigenvalue weighted by molar-refractivity contribution is -0.193. The van der Waals surface area contributed by atoms with Gasteiger partial charge in [-0.15, -0.1) is 0 Å². The molecule has 0 radical (unpaired) electrons. The van der Waals surface area contributed by atoms with Gasteiger partial charge < -0.3 is 35.0 Å². The summed E-state index contributed by atoms with van der Waals surface area (Å²) >= 11 is 0. The zero-order valence-electron chi connectivity index (χ0n) is 13.0. The molecule has 23 heavy (non-hydrogen) atoms. The molecule has 1 aromatic carbocycles. The Morgan fingerprint density at radius 1 is 1.26 bits per heavy atom. The van der Waals surface area contributed by atoms with Crippen LogP contribution in [0.1, 0.15) is 18.4 Å². The highest BCUT2D eigenvalue weighted by Crippen LogP contribution is 2.27. The zero-order valence-corrected chi connectivity index (χ0v) is 13.0. The Hall–Kier alpha value is -1.38. The van der Waals surface area contributed by atoms with Gasteiger partial charge >= 0.3 is 0 Å². The molecule has 1 aromatic rings. The summed E-state index contributed by atoms with van der Waals surface area (Å²) in [5, 5.41) is 48.6. The van der Waals surface area contributed by atoms with Crippen molar-refractivity contribution in [2.24, 2.45) is 0 Å². The molecule has 0 amide bonds. The molecule has 2 unspecified atom stereocenters. The van der Waals surface area contributed by atoms with E-state index >= 15 is 0 Å². The summed E-state index contributed by atoms with van der Waals surface area (Å²) in [5.74, 6) is 0.434. The number of phenolic OH excluding ortho intramolecular Hbond substituents is 1. The van der Waals surface area contributed by atoms with Crippen LogP contribution in [0.3, 0.4) is 0 Å². The monoisotopic (exact) mass is 328 g/mol. The van der Waals surface area contributed by atoms with Crippen LogP contribution >= 0.6 is 0 Å². The number of aliphatic hydroxyl groups excluding tert-OH is 4. The molecule has 5 N–H and O–H groups in total. The maximum atomic E-state index is 10.1. The first-order valence-electron chi connectivity index (χ1n) is 7.62. The average molecular weight is 328 g/mol. The number of rotatable bonds is 6. The SMILES string of the molecule is COc1ccc(CCC(O)CC2OC[C@@H](O)[C@H](O)[C@H]2O)cc1O. The lowest BCUT2D eigenvalue weighted by Crippen LogP contribution is -2.53. The predicted molar refractivity (Wildman–Crippen MR) is 81.4 cm³/mol. The van der Waals surface area contributed by atoms with Crippen molar-refractivity contribution in [3.63, 3.8) is 0 Å². The fourth-order valence-electron chi connectivity index (χ4n) is 2.68. The van der Waals surface area contributed by atoms with Crippen molar-refractivity contribution in [2.75, 3.05) is 13.7 Å². The number of aryl methyl sites for hydroxylation is 1. The quantitative estimate of drug-likeness (QED) is 0.480. The molecule has 7 nitrogen and oxygen atoms in total. The highest BCUT2D eigenvalue weighted by Gasteiger charge is 2.38. The lowest BCUT2D eigenvalue weighted by atomic mass is 9.94. The maximum absolute atomic E-state index is 10.1. The third-order valence-electron chi connectivity index (χ3n) is 4.12. The molecule has 5 atom stereocenters. The molecular formula is C16H24O7. The van der Waals surface area contributed by atoms with E-state index in [9.17, 15) is 25.5 Å². The van der Waals surface area contributed by atoms with Crippen LogP contribution in [0.15, 0.2) is 18.2 Å². The van der Waals surface area contributed by atoms with Gasteiger partial charge in [-0.05, 0) is 30.5 Å². The van der Waals surface area contributed by atoms with E-state index in [4.69, 9.17) is 9.47 Å². The molecule has 7 heteroatoms. The minimum Gasteiger partial charge on any atom is -0.504 e. The Bertz CT molecular complexity index is 507. The standard InChI is InChI=1S/C16H24O7/c1-22-13-5-3-9(6-11(13)18)2-4-10(17)7-14-16(21)15(20)12(19)8-23-14/h3,5-6,10,12,14-21H,2,4,7-8H2,1H3/t10?,12-,14?,15+,16+/m1/s1. The molecule has 0 aliphatic carbocycles. The minimum absolute atomic E-state index is 0.0441. The number of benzene rings is 1. The van der Waals surface area contributed by atoms with Crippen LogP contribution in [0.5, 0.6) is 11.5 Å². The fourth-order valence-corrected chi connectivity index (χ4v) is 2.68. The summed E-state index contributed by atoms with van der Waals surface area (Å²) < 4.78 is 10.2. The van der Waals surface area contributed by atoms with Crippen LogP contribution in [-0.2, 0) is 11.2 Å². The molecule has 0 saturated carbocycles. The molecule has 1 aliphatic heterocycles. The number of aromatic hydroxyl groups is 1. The van der Waals surface area contributed by atoms with Crippen molar-refractivity contribution in [3.05, 3.63) is 23.8 Å². The van der Waals surface area contributed by atoms with Crippen molar-refractivity contribution in [3.8, 4) is 11.5 Å². The second kappa shape index (κ2) is 7.94. The summed E-state index contributed by atoms with van der Waals surface area (Å²) in [4.78, 5) is 0.